The van der Waals surface area contributed by atoms with Crippen LogP contribution >= 0.6 is 23.4 Å². The van der Waals surface area contributed by atoms with E-state index in [9.17, 15) is 14.7 Å². The van der Waals surface area contributed by atoms with Gasteiger partial charge < -0.3 is 9.84 Å². The molecule has 0 aromatic heterocycles. The van der Waals surface area contributed by atoms with Gasteiger partial charge in [-0.15, -0.1) is 0 Å². The average molecular weight is 469 g/mol. The summed E-state index contributed by atoms with van der Waals surface area (Å²) in [5.41, 5.74) is 3.66. The number of carboxylic acids is 1. The number of carbonyl (C=O) groups is 2. The molecule has 6 heteroatoms. The van der Waals surface area contributed by atoms with E-state index < -0.39 is 11.9 Å². The molecule has 1 N–H and O–H groups in total. The van der Waals surface area contributed by atoms with Gasteiger partial charge in [0.15, 0.2) is 5.78 Å². The van der Waals surface area contributed by atoms with Gasteiger partial charge in [0.2, 0.25) is 0 Å². The van der Waals surface area contributed by atoms with Crippen molar-refractivity contribution in [2.75, 3.05) is 12.9 Å². The van der Waals surface area contributed by atoms with E-state index in [2.05, 4.69) is 0 Å². The van der Waals surface area contributed by atoms with Gasteiger partial charge in [-0.2, -0.15) is 11.8 Å². The average Bonchev–Trinajstić information content (AvgIpc) is 2.81. The number of benzene rings is 3. The first-order chi connectivity index (χ1) is 15.5. The molecule has 4 nitrogen and oxygen atoms in total. The number of carbonyl (C=O) groups excluding carboxylic acids is 1. The maximum Gasteiger partial charge on any atom is 0.306 e. The molecule has 0 saturated heterocycles. The molecule has 0 radical (unpaired) electrons. The number of hydrogen-bond donors (Lipinski definition) is 1. The number of aliphatic carboxylic acids is 1. The molecule has 3 aromatic carbocycles. The van der Waals surface area contributed by atoms with Crippen LogP contribution in [0.4, 0.5) is 0 Å². The van der Waals surface area contributed by atoms with Crippen LogP contribution in [0.5, 0.6) is 5.75 Å². The number of carboxylic acid groups (broad SMARTS) is 1. The third-order valence-electron chi connectivity index (χ3n) is 5.20. The summed E-state index contributed by atoms with van der Waals surface area (Å²) in [5.74, 6) is 0.495. The Kier molecular flexibility index (Phi) is 8.77. The van der Waals surface area contributed by atoms with Crippen LogP contribution in [-0.4, -0.2) is 29.7 Å². The minimum Gasteiger partial charge on any atom is -0.497 e. The summed E-state index contributed by atoms with van der Waals surface area (Å²) >= 11 is 7.59. The van der Waals surface area contributed by atoms with Crippen molar-refractivity contribution in [1.29, 1.82) is 0 Å². The summed E-state index contributed by atoms with van der Waals surface area (Å²) < 4.78 is 5.15. The maximum absolute atomic E-state index is 12.7. The van der Waals surface area contributed by atoms with Crippen LogP contribution in [0.15, 0.2) is 72.8 Å². The van der Waals surface area contributed by atoms with E-state index in [1.54, 1.807) is 31.0 Å². The molecule has 0 spiro atoms. The monoisotopic (exact) mass is 468 g/mol. The number of thioether (sulfide) groups is 1. The van der Waals surface area contributed by atoms with E-state index in [0.717, 1.165) is 28.2 Å². The fourth-order valence-corrected chi connectivity index (χ4v) is 4.43. The van der Waals surface area contributed by atoms with Crippen molar-refractivity contribution in [1.82, 2.24) is 0 Å². The first-order valence-corrected chi connectivity index (χ1v) is 11.8. The molecule has 3 rings (SSSR count). The topological polar surface area (TPSA) is 63.6 Å². The predicted octanol–water partition coefficient (Wildman–Crippen LogP) is 6.61. The van der Waals surface area contributed by atoms with E-state index >= 15 is 0 Å². The van der Waals surface area contributed by atoms with Crippen LogP contribution in [0, 0.1) is 5.92 Å². The molecule has 0 bridgehead atoms. The Morgan fingerprint density at radius 2 is 1.53 bits per heavy atom. The van der Waals surface area contributed by atoms with Crippen molar-refractivity contribution in [2.24, 2.45) is 5.92 Å². The van der Waals surface area contributed by atoms with Crippen LogP contribution in [0.25, 0.3) is 11.1 Å². The first-order valence-electron chi connectivity index (χ1n) is 10.3. The quantitative estimate of drug-likeness (QED) is 0.253. The number of ether oxygens (including phenoxy) is 1. The number of Topliss-reactive ketones (excluding diaryl/α,β-unsaturated/α-hetero) is 1. The van der Waals surface area contributed by atoms with Crippen molar-refractivity contribution in [3.8, 4) is 16.9 Å². The van der Waals surface area contributed by atoms with Crippen LogP contribution < -0.4 is 4.74 Å². The van der Waals surface area contributed by atoms with E-state index in [1.165, 1.54) is 0 Å². The second kappa shape index (κ2) is 11.7. The lowest BCUT2D eigenvalue weighted by Crippen LogP contribution is -2.19. The highest BCUT2D eigenvalue weighted by Crippen LogP contribution is 2.24. The lowest BCUT2D eigenvalue weighted by atomic mass is 9.95. The zero-order chi connectivity index (χ0) is 22.9. The van der Waals surface area contributed by atoms with Gasteiger partial charge in [0.25, 0.3) is 0 Å². The highest BCUT2D eigenvalue weighted by molar-refractivity contribution is 7.98. The summed E-state index contributed by atoms with van der Waals surface area (Å²) in [6, 6.07) is 22.5. The highest BCUT2D eigenvalue weighted by atomic mass is 35.5. The molecule has 0 aliphatic rings. The predicted molar refractivity (Wildman–Crippen MR) is 131 cm³/mol. The minimum absolute atomic E-state index is 0.00127. The lowest BCUT2D eigenvalue weighted by molar-refractivity contribution is -0.141. The molecule has 3 aromatic rings. The van der Waals surface area contributed by atoms with Gasteiger partial charge in [-0.1, -0.05) is 60.1 Å². The van der Waals surface area contributed by atoms with Gasteiger partial charge in [-0.3, -0.25) is 9.59 Å². The van der Waals surface area contributed by atoms with Crippen LogP contribution in [0.2, 0.25) is 5.02 Å². The third-order valence-corrected chi connectivity index (χ3v) is 6.52. The molecule has 32 heavy (non-hydrogen) atoms. The Morgan fingerprint density at radius 3 is 2.09 bits per heavy atom. The fourth-order valence-electron chi connectivity index (χ4n) is 3.28. The second-order valence-corrected chi connectivity index (χ2v) is 8.98. The van der Waals surface area contributed by atoms with Gasteiger partial charge >= 0.3 is 5.97 Å². The standard InChI is InChI=1S/C26H25ClO4S/c1-31-24-12-2-18(3-13-24)17-32-15-14-22(26(29)30)16-25(28)21-6-4-19(5-7-21)20-8-10-23(27)11-9-20/h2-13,22H,14-17H2,1H3,(H,29,30). The van der Waals surface area contributed by atoms with Gasteiger partial charge in [-0.05, 0) is 53.1 Å². The van der Waals surface area contributed by atoms with Crippen molar-refractivity contribution in [2.45, 2.75) is 18.6 Å². The Hall–Kier alpha value is -2.76. The number of hydrogen-bond acceptors (Lipinski definition) is 4. The highest BCUT2D eigenvalue weighted by Gasteiger charge is 2.22. The van der Waals surface area contributed by atoms with Crippen molar-refractivity contribution < 1.29 is 19.4 Å². The van der Waals surface area contributed by atoms with Crippen molar-refractivity contribution >= 4 is 35.1 Å². The van der Waals surface area contributed by atoms with Crippen LogP contribution in [0.1, 0.15) is 28.8 Å². The summed E-state index contributed by atoms with van der Waals surface area (Å²) in [6.07, 6.45) is 0.448. The lowest BCUT2D eigenvalue weighted by Gasteiger charge is -2.12. The summed E-state index contributed by atoms with van der Waals surface area (Å²) in [4.78, 5) is 24.3. The maximum atomic E-state index is 12.7. The number of halogens is 1. The Morgan fingerprint density at radius 1 is 0.938 bits per heavy atom. The van der Waals surface area contributed by atoms with E-state index in [4.69, 9.17) is 16.3 Å². The first kappa shape index (κ1) is 23.9. The SMILES string of the molecule is COc1ccc(CSCCC(CC(=O)c2ccc(-c3ccc(Cl)cc3)cc2)C(=O)O)cc1. The summed E-state index contributed by atoms with van der Waals surface area (Å²) in [6.45, 7) is 0. The zero-order valence-electron chi connectivity index (χ0n) is 17.8. The third kappa shape index (κ3) is 6.87. The van der Waals surface area contributed by atoms with E-state index in [1.807, 2.05) is 60.7 Å². The normalized spacial score (nSPS) is 11.7. The van der Waals surface area contributed by atoms with E-state index in [0.29, 0.717) is 22.8 Å². The van der Waals surface area contributed by atoms with Crippen molar-refractivity contribution in [3.05, 3.63) is 88.9 Å². The molecule has 0 fully saturated rings. The number of ketones is 1. The molecule has 0 aliphatic carbocycles. The second-order valence-electron chi connectivity index (χ2n) is 7.44. The molecule has 0 aliphatic heterocycles. The minimum atomic E-state index is -0.929. The van der Waals surface area contributed by atoms with Gasteiger partial charge in [0.1, 0.15) is 5.75 Å². The van der Waals surface area contributed by atoms with Crippen molar-refractivity contribution in [3.63, 3.8) is 0 Å². The molecular formula is C26H25ClO4S. The van der Waals surface area contributed by atoms with Gasteiger partial charge in [0, 0.05) is 22.8 Å². The van der Waals surface area contributed by atoms with Gasteiger partial charge in [0.05, 0.1) is 13.0 Å². The molecule has 0 saturated carbocycles. The Bertz CT molecular complexity index is 1030. The fraction of sp³-hybridized carbons (Fsp3) is 0.231. The Labute approximate surface area is 197 Å². The molecule has 1 atom stereocenters. The molecule has 0 heterocycles. The zero-order valence-corrected chi connectivity index (χ0v) is 19.4. The van der Waals surface area contributed by atoms with Crippen LogP contribution in [-0.2, 0) is 10.5 Å². The largest absolute Gasteiger partial charge is 0.497 e. The number of rotatable bonds is 11. The van der Waals surface area contributed by atoms with E-state index in [-0.39, 0.29) is 12.2 Å². The summed E-state index contributed by atoms with van der Waals surface area (Å²) in [5, 5.41) is 10.2. The number of methoxy groups -OCH3 is 1. The molecule has 0 amide bonds. The van der Waals surface area contributed by atoms with Gasteiger partial charge in [-0.25, -0.2) is 0 Å². The Balaban J connectivity index is 1.51. The summed E-state index contributed by atoms with van der Waals surface area (Å²) in [7, 11) is 1.63. The molecular weight excluding hydrogens is 444 g/mol. The molecule has 1 unspecified atom stereocenters. The smallest absolute Gasteiger partial charge is 0.306 e. The van der Waals surface area contributed by atoms with Crippen LogP contribution in [0.3, 0.4) is 0 Å². The molecule has 166 valence electrons.